The number of hydrogen-bond donors (Lipinski definition) is 2. The lowest BCUT2D eigenvalue weighted by molar-refractivity contribution is -0.120. The van der Waals surface area contributed by atoms with Gasteiger partial charge in [-0.15, -0.1) is 0 Å². The average Bonchev–Trinajstić information content (AvgIpc) is 3.33. The molecule has 4 aromatic rings. The Bertz CT molecular complexity index is 1360. The molecule has 1 unspecified atom stereocenters. The normalized spacial score (nSPS) is 17.4. The Hall–Kier alpha value is -3.81. The molecule has 1 aliphatic heterocycles. The second-order valence-electron chi connectivity index (χ2n) is 8.92. The van der Waals surface area contributed by atoms with E-state index < -0.39 is 11.2 Å². The molecular formula is C25H25FN6O. The molecule has 1 atom stereocenters. The van der Waals surface area contributed by atoms with Gasteiger partial charge in [0.05, 0.1) is 23.5 Å². The molecule has 0 spiro atoms. The van der Waals surface area contributed by atoms with Crippen LogP contribution in [-0.2, 0) is 10.2 Å². The van der Waals surface area contributed by atoms with Gasteiger partial charge in [0.25, 0.3) is 0 Å². The van der Waals surface area contributed by atoms with Crippen LogP contribution in [0, 0.1) is 5.82 Å². The summed E-state index contributed by atoms with van der Waals surface area (Å²) in [7, 11) is 0. The number of carbonyl (C=O) groups excluding carboxylic acids is 1. The van der Waals surface area contributed by atoms with Crippen molar-refractivity contribution >= 4 is 23.1 Å². The van der Waals surface area contributed by atoms with Crippen molar-refractivity contribution in [1.29, 1.82) is 0 Å². The first-order valence-corrected chi connectivity index (χ1v) is 11.0. The number of amides is 1. The van der Waals surface area contributed by atoms with E-state index in [0.29, 0.717) is 29.9 Å². The van der Waals surface area contributed by atoms with E-state index in [4.69, 9.17) is 4.98 Å². The van der Waals surface area contributed by atoms with Crippen LogP contribution in [-0.4, -0.2) is 32.0 Å². The van der Waals surface area contributed by atoms with Crippen LogP contribution in [0.1, 0.15) is 44.2 Å². The molecule has 0 radical (unpaired) electrons. The number of rotatable bonds is 6. The van der Waals surface area contributed by atoms with E-state index in [1.54, 1.807) is 10.7 Å². The summed E-state index contributed by atoms with van der Waals surface area (Å²) >= 11 is 0. The van der Waals surface area contributed by atoms with Crippen LogP contribution < -0.4 is 10.6 Å². The number of pyridine rings is 1. The molecule has 8 heteroatoms. The lowest BCUT2D eigenvalue weighted by atomic mass is 9.81. The molecule has 2 N–H and O–H groups in total. The van der Waals surface area contributed by atoms with Crippen molar-refractivity contribution in [3.8, 4) is 11.3 Å². The first-order valence-electron chi connectivity index (χ1n) is 11.0. The quantitative estimate of drug-likeness (QED) is 0.448. The Morgan fingerprint density at radius 3 is 2.79 bits per heavy atom. The number of hydrogen-bond acceptors (Lipinski definition) is 5. The fourth-order valence-corrected chi connectivity index (χ4v) is 4.36. The molecule has 1 aliphatic rings. The maximum absolute atomic E-state index is 13.8. The highest BCUT2D eigenvalue weighted by Gasteiger charge is 2.41. The smallest absolute Gasteiger partial charge is 0.234 e. The zero-order valence-corrected chi connectivity index (χ0v) is 18.8. The summed E-state index contributed by atoms with van der Waals surface area (Å²) in [6, 6.07) is 11.1. The van der Waals surface area contributed by atoms with Crippen LogP contribution in [0.15, 0.2) is 55.0 Å². The SMILES string of the molecule is CC(C)c1cnn2c(NCCC3(C)C(=O)Nc4ccccc43)cc(-c3cncc(F)c3)nc12. The van der Waals surface area contributed by atoms with E-state index in [9.17, 15) is 9.18 Å². The Labute approximate surface area is 191 Å². The molecule has 7 nitrogen and oxygen atoms in total. The zero-order chi connectivity index (χ0) is 23.2. The number of fused-ring (bicyclic) bond motifs is 2. The Balaban J connectivity index is 1.48. The van der Waals surface area contributed by atoms with E-state index in [1.165, 1.54) is 12.3 Å². The average molecular weight is 445 g/mol. The standard InChI is InChI=1S/C25H25FN6O/c1-15(2)18-14-29-32-22(11-21(30-23(18)32)16-10-17(26)13-27-12-16)28-9-8-25(3)19-6-4-5-7-20(19)31-24(25)33/h4-7,10-15,28H,8-9H2,1-3H3,(H,31,33). The van der Waals surface area contributed by atoms with Crippen LogP contribution in [0.2, 0.25) is 0 Å². The predicted molar refractivity (Wildman–Crippen MR) is 126 cm³/mol. The number of anilines is 2. The van der Waals surface area contributed by atoms with Gasteiger partial charge in [0.1, 0.15) is 11.6 Å². The van der Waals surface area contributed by atoms with E-state index in [0.717, 1.165) is 22.6 Å². The molecule has 3 aromatic heterocycles. The first-order chi connectivity index (χ1) is 15.9. The van der Waals surface area contributed by atoms with Gasteiger partial charge in [-0.3, -0.25) is 9.78 Å². The minimum Gasteiger partial charge on any atom is -0.370 e. The first kappa shape index (κ1) is 21.1. The zero-order valence-electron chi connectivity index (χ0n) is 18.8. The highest BCUT2D eigenvalue weighted by molar-refractivity contribution is 6.05. The molecule has 5 rings (SSSR count). The van der Waals surface area contributed by atoms with E-state index in [2.05, 4.69) is 34.6 Å². The molecule has 0 saturated carbocycles. The highest BCUT2D eigenvalue weighted by atomic mass is 19.1. The number of halogens is 1. The summed E-state index contributed by atoms with van der Waals surface area (Å²) in [6.45, 7) is 6.67. The van der Waals surface area contributed by atoms with Crippen molar-refractivity contribution in [2.24, 2.45) is 0 Å². The summed E-state index contributed by atoms with van der Waals surface area (Å²) in [5, 5.41) is 10.9. The van der Waals surface area contributed by atoms with Crippen LogP contribution in [0.3, 0.4) is 0 Å². The van der Waals surface area contributed by atoms with Crippen LogP contribution in [0.4, 0.5) is 15.9 Å². The summed E-state index contributed by atoms with van der Waals surface area (Å²) < 4.78 is 15.6. The number of para-hydroxylation sites is 1. The molecule has 0 fully saturated rings. The molecule has 0 saturated heterocycles. The summed E-state index contributed by atoms with van der Waals surface area (Å²) in [5.74, 6) is 0.529. The van der Waals surface area contributed by atoms with E-state index >= 15 is 0 Å². The topological polar surface area (TPSA) is 84.2 Å². The lowest BCUT2D eigenvalue weighted by Crippen LogP contribution is -2.33. The van der Waals surface area contributed by atoms with Crippen molar-refractivity contribution in [2.45, 2.75) is 38.5 Å². The van der Waals surface area contributed by atoms with E-state index in [-0.39, 0.29) is 11.8 Å². The van der Waals surface area contributed by atoms with E-state index in [1.807, 2.05) is 43.5 Å². The van der Waals surface area contributed by atoms with Gasteiger partial charge >= 0.3 is 0 Å². The second-order valence-corrected chi connectivity index (χ2v) is 8.92. The van der Waals surface area contributed by atoms with Gasteiger partial charge in [-0.25, -0.2) is 9.37 Å². The number of carbonyl (C=O) groups is 1. The van der Waals surface area contributed by atoms with Crippen molar-refractivity contribution in [3.05, 3.63) is 71.9 Å². The minimum absolute atomic E-state index is 0.00178. The van der Waals surface area contributed by atoms with Crippen molar-refractivity contribution in [2.75, 3.05) is 17.2 Å². The highest BCUT2D eigenvalue weighted by Crippen LogP contribution is 2.39. The van der Waals surface area contributed by atoms with Crippen molar-refractivity contribution < 1.29 is 9.18 Å². The third-order valence-electron chi connectivity index (χ3n) is 6.32. The number of nitrogens with one attached hydrogen (secondary N) is 2. The monoisotopic (exact) mass is 444 g/mol. The second kappa shape index (κ2) is 7.95. The Morgan fingerprint density at radius 1 is 1.18 bits per heavy atom. The molecule has 33 heavy (non-hydrogen) atoms. The van der Waals surface area contributed by atoms with Crippen LogP contribution in [0.5, 0.6) is 0 Å². The van der Waals surface area contributed by atoms with Gasteiger partial charge in [-0.1, -0.05) is 32.0 Å². The van der Waals surface area contributed by atoms with Crippen LogP contribution in [0.25, 0.3) is 16.9 Å². The maximum atomic E-state index is 13.8. The van der Waals surface area contributed by atoms with Crippen LogP contribution >= 0.6 is 0 Å². The van der Waals surface area contributed by atoms with Gasteiger partial charge in [0.15, 0.2) is 5.65 Å². The van der Waals surface area contributed by atoms with Gasteiger partial charge in [0.2, 0.25) is 5.91 Å². The minimum atomic E-state index is -0.627. The summed E-state index contributed by atoms with van der Waals surface area (Å²) in [6.07, 6.45) is 5.17. The largest absolute Gasteiger partial charge is 0.370 e. The number of aromatic nitrogens is 4. The summed E-state index contributed by atoms with van der Waals surface area (Å²) in [5.41, 5.74) is 4.15. The summed E-state index contributed by atoms with van der Waals surface area (Å²) in [4.78, 5) is 21.5. The van der Waals surface area contributed by atoms with Crippen molar-refractivity contribution in [3.63, 3.8) is 0 Å². The van der Waals surface area contributed by atoms with Gasteiger partial charge in [-0.2, -0.15) is 9.61 Å². The van der Waals surface area contributed by atoms with Gasteiger partial charge in [0, 0.05) is 35.6 Å². The Kier molecular flexibility index (Phi) is 5.08. The maximum Gasteiger partial charge on any atom is 0.234 e. The molecule has 4 heterocycles. The van der Waals surface area contributed by atoms with Gasteiger partial charge in [-0.05, 0) is 37.0 Å². The molecular weight excluding hydrogens is 419 g/mol. The molecule has 1 amide bonds. The third-order valence-corrected chi connectivity index (χ3v) is 6.32. The van der Waals surface area contributed by atoms with Crippen molar-refractivity contribution in [1.82, 2.24) is 19.6 Å². The third kappa shape index (κ3) is 3.61. The molecule has 0 aliphatic carbocycles. The fraction of sp³-hybridized carbons (Fsp3) is 0.280. The number of nitrogens with zero attached hydrogens (tertiary/aromatic N) is 4. The molecule has 1 aromatic carbocycles. The van der Waals surface area contributed by atoms with Gasteiger partial charge < -0.3 is 10.6 Å². The predicted octanol–water partition coefficient (Wildman–Crippen LogP) is 4.77. The molecule has 168 valence electrons. The lowest BCUT2D eigenvalue weighted by Gasteiger charge is -2.22. The fourth-order valence-electron chi connectivity index (χ4n) is 4.36. The number of benzene rings is 1. The Morgan fingerprint density at radius 2 is 2.00 bits per heavy atom. The molecule has 0 bridgehead atoms.